The first-order valence-corrected chi connectivity index (χ1v) is 5.47. The van der Waals surface area contributed by atoms with Gasteiger partial charge in [-0.25, -0.2) is 0 Å². The molecule has 4 nitrogen and oxygen atoms in total. The van der Waals surface area contributed by atoms with Gasteiger partial charge in [0.25, 0.3) is 5.56 Å². The molecule has 2 rings (SSSR count). The molecule has 0 aromatic carbocycles. The van der Waals surface area contributed by atoms with Crippen LogP contribution in [0.15, 0.2) is 35.1 Å². The highest BCUT2D eigenvalue weighted by Gasteiger charge is 2.19. The molecule has 1 aliphatic carbocycles. The summed E-state index contributed by atoms with van der Waals surface area (Å²) in [7, 11) is 0. The number of hydrogen-bond acceptors (Lipinski definition) is 2. The third-order valence-electron chi connectivity index (χ3n) is 2.78. The van der Waals surface area contributed by atoms with Gasteiger partial charge in [0.1, 0.15) is 6.54 Å². The molecule has 0 fully saturated rings. The molecule has 0 radical (unpaired) electrons. The highest BCUT2D eigenvalue weighted by molar-refractivity contribution is 5.71. The lowest BCUT2D eigenvalue weighted by Gasteiger charge is -2.01. The van der Waals surface area contributed by atoms with Crippen LogP contribution in [-0.4, -0.2) is 15.6 Å². The van der Waals surface area contributed by atoms with E-state index in [9.17, 15) is 9.59 Å². The number of carboxylic acids is 1. The molecule has 0 saturated heterocycles. The molecule has 0 spiro atoms. The van der Waals surface area contributed by atoms with Gasteiger partial charge in [0.15, 0.2) is 0 Å². The van der Waals surface area contributed by atoms with Crippen molar-refractivity contribution in [3.8, 4) is 11.3 Å². The molecular formula is C13H13NO3. The summed E-state index contributed by atoms with van der Waals surface area (Å²) in [4.78, 5) is 22.8. The molecule has 1 heterocycles. The van der Waals surface area contributed by atoms with E-state index < -0.39 is 5.97 Å². The summed E-state index contributed by atoms with van der Waals surface area (Å²) in [5, 5.41) is 8.84. The predicted molar refractivity (Wildman–Crippen MR) is 64.3 cm³/mol. The number of aliphatic carboxylic acids is 1. The van der Waals surface area contributed by atoms with Crippen molar-refractivity contribution in [3.63, 3.8) is 0 Å². The molecule has 0 aromatic heterocycles. The van der Waals surface area contributed by atoms with Crippen LogP contribution in [0.3, 0.4) is 0 Å². The minimum Gasteiger partial charge on any atom is -0.480 e. The molecule has 0 amide bonds. The van der Waals surface area contributed by atoms with Crippen molar-refractivity contribution in [1.29, 1.82) is 0 Å². The summed E-state index contributed by atoms with van der Waals surface area (Å²) in [6.45, 7) is 1.60. The van der Waals surface area contributed by atoms with Gasteiger partial charge in [-0.15, -0.1) is 0 Å². The Morgan fingerprint density at radius 3 is 2.65 bits per heavy atom. The van der Waals surface area contributed by atoms with Crippen molar-refractivity contribution < 1.29 is 9.90 Å². The predicted octanol–water partition coefficient (Wildman–Crippen LogP) is 1.60. The minimum absolute atomic E-state index is 0.198. The van der Waals surface area contributed by atoms with E-state index in [-0.39, 0.29) is 12.1 Å². The number of fused-ring (bicyclic) bond motifs is 1. The first kappa shape index (κ1) is 11.4. The Balaban J connectivity index is 2.74. The van der Waals surface area contributed by atoms with Gasteiger partial charge in [0.2, 0.25) is 0 Å². The van der Waals surface area contributed by atoms with Crippen LogP contribution < -0.4 is 5.56 Å². The third-order valence-corrected chi connectivity index (χ3v) is 2.78. The van der Waals surface area contributed by atoms with Gasteiger partial charge in [-0.2, -0.15) is 0 Å². The number of nitrogens with zero attached hydrogens (tertiary/aromatic N) is 1. The van der Waals surface area contributed by atoms with Crippen molar-refractivity contribution in [2.24, 2.45) is 0 Å². The summed E-state index contributed by atoms with van der Waals surface area (Å²) >= 11 is 0. The van der Waals surface area contributed by atoms with Crippen molar-refractivity contribution in [1.82, 2.24) is 4.57 Å². The van der Waals surface area contributed by atoms with E-state index in [1.54, 1.807) is 12.1 Å². The largest absolute Gasteiger partial charge is 0.480 e. The Morgan fingerprint density at radius 1 is 1.29 bits per heavy atom. The second-order valence-electron chi connectivity index (χ2n) is 3.83. The molecule has 1 aliphatic heterocycles. The number of carboxylic acid groups (broad SMARTS) is 1. The zero-order valence-electron chi connectivity index (χ0n) is 9.51. The van der Waals surface area contributed by atoms with Crippen LogP contribution in [0.5, 0.6) is 0 Å². The Hall–Kier alpha value is -2.10. The van der Waals surface area contributed by atoms with Gasteiger partial charge in [0, 0.05) is 11.1 Å². The molecule has 88 valence electrons. The van der Waals surface area contributed by atoms with Gasteiger partial charge in [-0.1, -0.05) is 31.2 Å². The highest BCUT2D eigenvalue weighted by atomic mass is 16.4. The zero-order chi connectivity index (χ0) is 12.4. The summed E-state index contributed by atoms with van der Waals surface area (Å²) in [5.74, 6) is -1.01. The maximum Gasteiger partial charge on any atom is 0.323 e. The third kappa shape index (κ3) is 1.93. The molecule has 4 heteroatoms. The van der Waals surface area contributed by atoms with Crippen LogP contribution in [-0.2, 0) is 17.8 Å². The molecule has 0 aromatic rings. The Labute approximate surface area is 98.5 Å². The lowest BCUT2D eigenvalue weighted by molar-refractivity contribution is -0.137. The first-order valence-electron chi connectivity index (χ1n) is 5.47. The smallest absolute Gasteiger partial charge is 0.323 e. The number of rotatable bonds is 3. The van der Waals surface area contributed by atoms with Crippen LogP contribution in [0.25, 0.3) is 11.3 Å². The summed E-state index contributed by atoms with van der Waals surface area (Å²) < 4.78 is 1.32. The molecule has 0 bridgehead atoms. The Bertz CT molecular complexity index is 586. The van der Waals surface area contributed by atoms with Crippen LogP contribution in [0.1, 0.15) is 12.5 Å². The maximum atomic E-state index is 12.1. The number of hydrogen-bond donors (Lipinski definition) is 1. The van der Waals surface area contributed by atoms with Crippen molar-refractivity contribution in [3.05, 3.63) is 46.2 Å². The van der Waals surface area contributed by atoms with Gasteiger partial charge < -0.3 is 5.11 Å². The normalized spacial score (nSPS) is 10.6. The molecule has 0 atom stereocenters. The second kappa shape index (κ2) is 4.41. The lowest BCUT2D eigenvalue weighted by atomic mass is 10.1. The van der Waals surface area contributed by atoms with Gasteiger partial charge >= 0.3 is 5.97 Å². The number of carbonyl (C=O) groups is 1. The fourth-order valence-corrected chi connectivity index (χ4v) is 2.05. The van der Waals surface area contributed by atoms with Crippen LogP contribution in [0.4, 0.5) is 0 Å². The number of aromatic nitrogens is 1. The maximum absolute atomic E-state index is 12.1. The van der Waals surface area contributed by atoms with E-state index >= 15 is 0 Å². The second-order valence-corrected chi connectivity index (χ2v) is 3.83. The fourth-order valence-electron chi connectivity index (χ4n) is 2.05. The molecule has 17 heavy (non-hydrogen) atoms. The van der Waals surface area contributed by atoms with Gasteiger partial charge in [-0.05, 0) is 12.5 Å². The van der Waals surface area contributed by atoms with Crippen LogP contribution >= 0.6 is 0 Å². The van der Waals surface area contributed by atoms with Crippen molar-refractivity contribution in [2.45, 2.75) is 19.9 Å². The standard InChI is InChI=1S/C13H13NO3/c1-2-9-10-6-4-3-5-7-11(10)14(13(9)17)8-12(15)16/h3-7H,2,8H2,1H3,(H,15,16). The van der Waals surface area contributed by atoms with E-state index in [0.717, 1.165) is 5.56 Å². The van der Waals surface area contributed by atoms with Crippen LogP contribution in [0, 0.1) is 0 Å². The van der Waals surface area contributed by atoms with E-state index in [4.69, 9.17) is 5.11 Å². The van der Waals surface area contributed by atoms with E-state index in [1.165, 1.54) is 4.57 Å². The molecular weight excluding hydrogens is 218 g/mol. The van der Waals surface area contributed by atoms with Crippen LogP contribution in [0.2, 0.25) is 0 Å². The van der Waals surface area contributed by atoms with Crippen molar-refractivity contribution in [2.75, 3.05) is 0 Å². The average molecular weight is 231 g/mol. The van der Waals surface area contributed by atoms with E-state index in [2.05, 4.69) is 0 Å². The Kier molecular flexibility index (Phi) is 2.95. The molecule has 0 unspecified atom stereocenters. The monoisotopic (exact) mass is 231 g/mol. The SMILES string of the molecule is CCc1c2cccccc-2n(CC(=O)O)c1=O. The highest BCUT2D eigenvalue weighted by Crippen LogP contribution is 2.23. The molecule has 1 N–H and O–H groups in total. The summed E-state index contributed by atoms with van der Waals surface area (Å²) in [5.41, 5.74) is 2.00. The van der Waals surface area contributed by atoms with Crippen molar-refractivity contribution >= 4 is 5.97 Å². The average Bonchev–Trinajstić information content (AvgIpc) is 2.47. The summed E-state index contributed by atoms with van der Waals surface area (Å²) in [6.07, 6.45) is 0.603. The fraction of sp³-hybridized carbons (Fsp3) is 0.231. The summed E-state index contributed by atoms with van der Waals surface area (Å²) in [6, 6.07) is 9.15. The van der Waals surface area contributed by atoms with E-state index in [0.29, 0.717) is 17.7 Å². The Morgan fingerprint density at radius 2 is 2.00 bits per heavy atom. The topological polar surface area (TPSA) is 59.3 Å². The lowest BCUT2D eigenvalue weighted by Crippen LogP contribution is -2.21. The first-order chi connectivity index (χ1) is 8.15. The van der Waals surface area contributed by atoms with Gasteiger partial charge in [0.05, 0.1) is 5.69 Å². The van der Waals surface area contributed by atoms with Gasteiger partial charge in [-0.3, -0.25) is 14.2 Å². The minimum atomic E-state index is -1.01. The van der Waals surface area contributed by atoms with E-state index in [1.807, 2.05) is 25.1 Å². The quantitative estimate of drug-likeness (QED) is 0.872. The molecule has 2 aliphatic rings. The molecule has 0 saturated carbocycles. The zero-order valence-corrected chi connectivity index (χ0v) is 9.51.